The molecule has 0 amide bonds. The number of hydrogen-bond acceptors (Lipinski definition) is 4. The van der Waals surface area contributed by atoms with E-state index in [1.165, 1.54) is 12.1 Å². The Morgan fingerprint density at radius 3 is 2.68 bits per heavy atom. The molecule has 3 rings (SSSR count). The van der Waals surface area contributed by atoms with Crippen LogP contribution in [0.4, 0.5) is 13.2 Å². The van der Waals surface area contributed by atoms with Gasteiger partial charge in [0.1, 0.15) is 11.9 Å². The first kappa shape index (κ1) is 17.7. The number of alkyl halides is 3. The Hall–Kier alpha value is -2.12. The number of halogens is 3. The number of hydrogen-bond donors (Lipinski definition) is 0. The van der Waals surface area contributed by atoms with Crippen LogP contribution in [0.15, 0.2) is 48.8 Å². The lowest BCUT2D eigenvalue weighted by atomic mass is 10.2. The van der Waals surface area contributed by atoms with Gasteiger partial charge in [-0.25, -0.2) is 0 Å². The van der Waals surface area contributed by atoms with Crippen molar-refractivity contribution in [1.29, 1.82) is 0 Å². The lowest BCUT2D eigenvalue weighted by Gasteiger charge is -2.24. The molecule has 0 spiro atoms. The van der Waals surface area contributed by atoms with Crippen molar-refractivity contribution in [2.75, 3.05) is 26.3 Å². The third-order valence-electron chi connectivity index (χ3n) is 3.93. The maximum Gasteiger partial charge on any atom is 0.416 e. The molecule has 1 saturated heterocycles. The summed E-state index contributed by atoms with van der Waals surface area (Å²) < 4.78 is 49.2. The van der Waals surface area contributed by atoms with E-state index in [1.807, 2.05) is 18.3 Å². The van der Waals surface area contributed by atoms with E-state index in [4.69, 9.17) is 9.47 Å². The average molecular weight is 352 g/mol. The topological polar surface area (TPSA) is 34.6 Å². The minimum absolute atomic E-state index is 0.240. The van der Waals surface area contributed by atoms with E-state index < -0.39 is 11.7 Å². The van der Waals surface area contributed by atoms with E-state index in [1.54, 1.807) is 6.20 Å². The molecule has 1 atom stereocenters. The Balaban J connectivity index is 1.61. The number of benzene rings is 1. The smallest absolute Gasteiger partial charge is 0.416 e. The summed E-state index contributed by atoms with van der Waals surface area (Å²) >= 11 is 0. The first-order valence-electron chi connectivity index (χ1n) is 8.03. The Bertz CT molecular complexity index is 662. The number of aromatic nitrogens is 1. The van der Waals surface area contributed by atoms with Crippen LogP contribution in [-0.4, -0.2) is 42.3 Å². The van der Waals surface area contributed by atoms with Crippen molar-refractivity contribution in [1.82, 2.24) is 9.88 Å². The second-order valence-corrected chi connectivity index (χ2v) is 5.93. The van der Waals surface area contributed by atoms with E-state index in [0.29, 0.717) is 25.5 Å². The predicted molar refractivity (Wildman–Crippen MR) is 86.2 cm³/mol. The largest absolute Gasteiger partial charge is 0.487 e. The highest BCUT2D eigenvalue weighted by molar-refractivity contribution is 5.29. The fraction of sp³-hybridized carbons (Fsp3) is 0.389. The molecule has 0 aliphatic carbocycles. The summed E-state index contributed by atoms with van der Waals surface area (Å²) in [5.41, 5.74) is 0.410. The van der Waals surface area contributed by atoms with E-state index in [0.717, 1.165) is 30.8 Å². The van der Waals surface area contributed by atoms with Gasteiger partial charge in [0.15, 0.2) is 0 Å². The van der Waals surface area contributed by atoms with Gasteiger partial charge in [0.25, 0.3) is 0 Å². The van der Waals surface area contributed by atoms with Crippen LogP contribution in [0.3, 0.4) is 0 Å². The predicted octanol–water partition coefficient (Wildman–Crippen LogP) is 3.38. The Kier molecular flexibility index (Phi) is 5.55. The first-order valence-corrected chi connectivity index (χ1v) is 8.03. The standard InChI is InChI=1S/C18H19F3N2O2/c19-18(20,21)15-3-5-16(6-4-15)25-17-12-23(8-9-24-13-17)11-14-2-1-7-22-10-14/h1-7,10,17H,8-9,11-13H2. The number of rotatable bonds is 4. The van der Waals surface area contributed by atoms with Crippen molar-refractivity contribution in [3.05, 3.63) is 59.9 Å². The Morgan fingerprint density at radius 1 is 1.20 bits per heavy atom. The monoisotopic (exact) mass is 352 g/mol. The molecule has 0 saturated carbocycles. The Labute approximate surface area is 144 Å². The lowest BCUT2D eigenvalue weighted by molar-refractivity contribution is -0.137. The van der Waals surface area contributed by atoms with Crippen LogP contribution in [-0.2, 0) is 17.5 Å². The molecule has 4 nitrogen and oxygen atoms in total. The molecule has 7 heteroatoms. The summed E-state index contributed by atoms with van der Waals surface area (Å²) in [5.74, 6) is 0.407. The zero-order chi connectivity index (χ0) is 17.7. The Morgan fingerprint density at radius 2 is 2.00 bits per heavy atom. The molecule has 1 aliphatic rings. The van der Waals surface area contributed by atoms with Gasteiger partial charge >= 0.3 is 6.18 Å². The first-order chi connectivity index (χ1) is 12.0. The third kappa shape index (κ3) is 5.17. The van der Waals surface area contributed by atoms with Crippen molar-refractivity contribution in [3.63, 3.8) is 0 Å². The zero-order valence-corrected chi connectivity index (χ0v) is 13.6. The van der Waals surface area contributed by atoms with Crippen LogP contribution in [0.5, 0.6) is 5.75 Å². The molecular weight excluding hydrogens is 333 g/mol. The van der Waals surface area contributed by atoms with Crippen LogP contribution >= 0.6 is 0 Å². The van der Waals surface area contributed by atoms with Crippen molar-refractivity contribution >= 4 is 0 Å². The van der Waals surface area contributed by atoms with E-state index in [-0.39, 0.29) is 6.10 Å². The molecule has 2 heterocycles. The van der Waals surface area contributed by atoms with Crippen LogP contribution in [0.25, 0.3) is 0 Å². The summed E-state index contributed by atoms with van der Waals surface area (Å²) in [6, 6.07) is 8.64. The van der Waals surface area contributed by atoms with Gasteiger partial charge < -0.3 is 9.47 Å². The molecular formula is C18H19F3N2O2. The molecule has 25 heavy (non-hydrogen) atoms. The van der Waals surface area contributed by atoms with Gasteiger partial charge in [-0.1, -0.05) is 6.07 Å². The number of pyridine rings is 1. The molecule has 0 radical (unpaired) electrons. The highest BCUT2D eigenvalue weighted by Crippen LogP contribution is 2.30. The summed E-state index contributed by atoms with van der Waals surface area (Å²) in [4.78, 5) is 6.30. The van der Waals surface area contributed by atoms with E-state index >= 15 is 0 Å². The summed E-state index contributed by atoms with van der Waals surface area (Å²) in [5, 5.41) is 0. The minimum Gasteiger partial charge on any atom is -0.487 e. The highest BCUT2D eigenvalue weighted by Gasteiger charge is 2.30. The third-order valence-corrected chi connectivity index (χ3v) is 3.93. The second-order valence-electron chi connectivity index (χ2n) is 5.93. The van der Waals surface area contributed by atoms with Crippen LogP contribution < -0.4 is 4.74 Å². The maximum absolute atomic E-state index is 12.6. The minimum atomic E-state index is -4.34. The summed E-state index contributed by atoms with van der Waals surface area (Å²) in [6.45, 7) is 3.12. The average Bonchev–Trinajstić information content (AvgIpc) is 2.80. The molecule has 0 bridgehead atoms. The molecule has 0 N–H and O–H groups in total. The van der Waals surface area contributed by atoms with Gasteiger partial charge in [-0.3, -0.25) is 9.88 Å². The van der Waals surface area contributed by atoms with Gasteiger partial charge in [0.2, 0.25) is 0 Å². The van der Waals surface area contributed by atoms with Crippen molar-refractivity contribution < 1.29 is 22.6 Å². The summed E-state index contributed by atoms with van der Waals surface area (Å²) in [6.07, 6.45) is -1.04. The van der Waals surface area contributed by atoms with E-state index in [2.05, 4.69) is 9.88 Å². The second kappa shape index (κ2) is 7.84. The lowest BCUT2D eigenvalue weighted by Crippen LogP contribution is -2.35. The molecule has 1 unspecified atom stereocenters. The summed E-state index contributed by atoms with van der Waals surface area (Å²) in [7, 11) is 0. The van der Waals surface area contributed by atoms with Gasteiger partial charge in [-0.2, -0.15) is 13.2 Å². The molecule has 1 fully saturated rings. The van der Waals surface area contributed by atoms with Gasteiger partial charge in [0.05, 0.1) is 18.8 Å². The quantitative estimate of drug-likeness (QED) is 0.845. The number of ether oxygens (including phenoxy) is 2. The van der Waals surface area contributed by atoms with Gasteiger partial charge in [-0.05, 0) is 35.9 Å². The van der Waals surface area contributed by atoms with Crippen LogP contribution in [0.1, 0.15) is 11.1 Å². The van der Waals surface area contributed by atoms with Gasteiger partial charge in [-0.15, -0.1) is 0 Å². The molecule has 1 aliphatic heterocycles. The molecule has 2 aromatic rings. The van der Waals surface area contributed by atoms with Crippen LogP contribution in [0, 0.1) is 0 Å². The maximum atomic E-state index is 12.6. The number of nitrogens with zero attached hydrogens (tertiary/aromatic N) is 2. The van der Waals surface area contributed by atoms with Crippen molar-refractivity contribution in [3.8, 4) is 5.75 Å². The van der Waals surface area contributed by atoms with Crippen LogP contribution in [0.2, 0.25) is 0 Å². The molecule has 1 aromatic carbocycles. The normalized spacial score (nSPS) is 19.4. The fourth-order valence-corrected chi connectivity index (χ4v) is 2.72. The SMILES string of the molecule is FC(F)(F)c1ccc(OC2COCCN(Cc3cccnc3)C2)cc1. The highest BCUT2D eigenvalue weighted by atomic mass is 19.4. The zero-order valence-electron chi connectivity index (χ0n) is 13.6. The molecule has 1 aromatic heterocycles. The molecule has 134 valence electrons. The van der Waals surface area contributed by atoms with Gasteiger partial charge in [0, 0.05) is 32.0 Å². The van der Waals surface area contributed by atoms with E-state index in [9.17, 15) is 13.2 Å². The van der Waals surface area contributed by atoms with Crippen molar-refractivity contribution in [2.24, 2.45) is 0 Å². The fourth-order valence-electron chi connectivity index (χ4n) is 2.72. The van der Waals surface area contributed by atoms with Crippen molar-refractivity contribution in [2.45, 2.75) is 18.8 Å².